The minimum Gasteiger partial charge on any atom is -0.493 e. The zero-order chi connectivity index (χ0) is 22.5. The Bertz CT molecular complexity index is 815. The Balaban J connectivity index is 1.92. The fourth-order valence-electron chi connectivity index (χ4n) is 3.44. The van der Waals surface area contributed by atoms with Gasteiger partial charge in [0.1, 0.15) is 0 Å². The van der Waals surface area contributed by atoms with Crippen molar-refractivity contribution in [2.24, 2.45) is 5.92 Å². The quantitative estimate of drug-likeness (QED) is 0.642. The highest BCUT2D eigenvalue weighted by molar-refractivity contribution is 7.90. The van der Waals surface area contributed by atoms with Crippen LogP contribution in [0.15, 0.2) is 12.1 Å². The Kier molecular flexibility index (Phi) is 7.99. The van der Waals surface area contributed by atoms with Crippen molar-refractivity contribution in [3.8, 4) is 17.2 Å². The van der Waals surface area contributed by atoms with Gasteiger partial charge in [-0.05, 0) is 64.2 Å². The molecule has 2 N–H and O–H groups in total. The fourth-order valence-corrected chi connectivity index (χ4v) is 4.47. The van der Waals surface area contributed by atoms with Gasteiger partial charge in [0.25, 0.3) is 0 Å². The molecule has 1 saturated carbocycles. The van der Waals surface area contributed by atoms with E-state index in [1.807, 2.05) is 0 Å². The standard InChI is InChI=1S/C21H34N2O6S/c1-21(2,3)30(25,26)23-16-9-7-15(8-10-16)20(24)22-13-14-11-17(27-4)19(29-6)18(12-14)28-5/h11-12,15-16,23H,7-10,13H2,1-6H3,(H,22,24)/t15-,16-. The van der Waals surface area contributed by atoms with E-state index >= 15 is 0 Å². The van der Waals surface area contributed by atoms with Crippen LogP contribution in [0.2, 0.25) is 0 Å². The zero-order valence-electron chi connectivity index (χ0n) is 18.7. The van der Waals surface area contributed by atoms with Crippen molar-refractivity contribution in [1.29, 1.82) is 0 Å². The number of nitrogens with one attached hydrogen (secondary N) is 2. The number of hydrogen-bond acceptors (Lipinski definition) is 6. The van der Waals surface area contributed by atoms with E-state index in [4.69, 9.17) is 14.2 Å². The van der Waals surface area contributed by atoms with E-state index in [9.17, 15) is 13.2 Å². The molecule has 0 heterocycles. The molecule has 170 valence electrons. The molecule has 0 atom stereocenters. The van der Waals surface area contributed by atoms with Crippen LogP contribution in [0.25, 0.3) is 0 Å². The average molecular weight is 443 g/mol. The zero-order valence-corrected chi connectivity index (χ0v) is 19.5. The van der Waals surface area contributed by atoms with Gasteiger partial charge in [0, 0.05) is 18.5 Å². The first kappa shape index (κ1) is 24.3. The molecule has 0 bridgehead atoms. The van der Waals surface area contributed by atoms with Crippen LogP contribution in [0.5, 0.6) is 17.2 Å². The first-order valence-electron chi connectivity index (χ1n) is 10.1. The highest BCUT2D eigenvalue weighted by Gasteiger charge is 2.34. The Hall–Kier alpha value is -2.00. The van der Waals surface area contributed by atoms with Gasteiger partial charge >= 0.3 is 0 Å². The summed E-state index contributed by atoms with van der Waals surface area (Å²) in [5.41, 5.74) is 0.837. The monoisotopic (exact) mass is 442 g/mol. The van der Waals surface area contributed by atoms with E-state index in [2.05, 4.69) is 10.0 Å². The van der Waals surface area contributed by atoms with Crippen molar-refractivity contribution in [3.63, 3.8) is 0 Å². The summed E-state index contributed by atoms with van der Waals surface area (Å²) in [6.07, 6.45) is 2.60. The highest BCUT2D eigenvalue weighted by Crippen LogP contribution is 2.38. The largest absolute Gasteiger partial charge is 0.493 e. The summed E-state index contributed by atoms with van der Waals surface area (Å²) in [5.74, 6) is 1.43. The smallest absolute Gasteiger partial charge is 0.223 e. The first-order valence-corrected chi connectivity index (χ1v) is 11.6. The van der Waals surface area contributed by atoms with Gasteiger partial charge in [-0.1, -0.05) is 0 Å². The van der Waals surface area contributed by atoms with Crippen molar-refractivity contribution < 1.29 is 27.4 Å². The summed E-state index contributed by atoms with van der Waals surface area (Å²) in [7, 11) is 1.25. The molecule has 1 aromatic rings. The van der Waals surface area contributed by atoms with Crippen LogP contribution in [0, 0.1) is 5.92 Å². The van der Waals surface area contributed by atoms with Crippen molar-refractivity contribution in [1.82, 2.24) is 10.0 Å². The van der Waals surface area contributed by atoms with Crippen molar-refractivity contribution in [2.75, 3.05) is 21.3 Å². The minimum atomic E-state index is -3.38. The number of methoxy groups -OCH3 is 3. The number of sulfonamides is 1. The molecule has 0 spiro atoms. The molecule has 8 nitrogen and oxygen atoms in total. The lowest BCUT2D eigenvalue weighted by molar-refractivity contribution is -0.126. The fraction of sp³-hybridized carbons (Fsp3) is 0.667. The lowest BCUT2D eigenvalue weighted by Crippen LogP contribution is -2.46. The lowest BCUT2D eigenvalue weighted by atomic mass is 9.86. The molecular weight excluding hydrogens is 408 g/mol. The molecule has 0 radical (unpaired) electrons. The van der Waals surface area contributed by atoms with Crippen LogP contribution in [-0.2, 0) is 21.4 Å². The van der Waals surface area contributed by atoms with E-state index < -0.39 is 14.8 Å². The summed E-state index contributed by atoms with van der Waals surface area (Å²) in [6.45, 7) is 5.37. The predicted molar refractivity (Wildman–Crippen MR) is 115 cm³/mol. The average Bonchev–Trinajstić information content (AvgIpc) is 2.70. The SMILES string of the molecule is COc1cc(CNC(=O)[C@H]2CC[C@H](NS(=O)(=O)C(C)(C)C)CC2)cc(OC)c1OC. The van der Waals surface area contributed by atoms with E-state index in [1.54, 1.807) is 54.2 Å². The van der Waals surface area contributed by atoms with Crippen LogP contribution in [0.4, 0.5) is 0 Å². The molecule has 0 aromatic heterocycles. The normalized spacial score (nSPS) is 19.8. The third kappa shape index (κ3) is 5.78. The molecule has 0 saturated heterocycles. The van der Waals surface area contributed by atoms with Crippen molar-refractivity contribution in [2.45, 2.75) is 63.8 Å². The highest BCUT2D eigenvalue weighted by atomic mass is 32.2. The Morgan fingerprint density at radius 2 is 1.53 bits per heavy atom. The number of amides is 1. The summed E-state index contributed by atoms with van der Waals surface area (Å²) in [6, 6.07) is 3.49. The van der Waals surface area contributed by atoms with Gasteiger partial charge in [0.2, 0.25) is 21.7 Å². The van der Waals surface area contributed by atoms with Gasteiger partial charge < -0.3 is 19.5 Å². The number of ether oxygens (including phenoxy) is 3. The summed E-state index contributed by atoms with van der Waals surface area (Å²) in [5, 5.41) is 2.97. The Labute approximate surface area is 179 Å². The number of hydrogen-bond donors (Lipinski definition) is 2. The third-order valence-corrected chi connectivity index (χ3v) is 7.67. The van der Waals surface area contributed by atoms with Crippen LogP contribution in [-0.4, -0.2) is 46.4 Å². The lowest BCUT2D eigenvalue weighted by Gasteiger charge is -2.30. The van der Waals surface area contributed by atoms with Crippen LogP contribution >= 0.6 is 0 Å². The Morgan fingerprint density at radius 3 is 1.97 bits per heavy atom. The molecule has 1 aliphatic rings. The molecule has 0 aliphatic heterocycles. The van der Waals surface area contributed by atoms with Crippen molar-refractivity contribution in [3.05, 3.63) is 17.7 Å². The minimum absolute atomic E-state index is 0.0270. The van der Waals surface area contributed by atoms with Crippen molar-refractivity contribution >= 4 is 15.9 Å². The molecule has 1 amide bonds. The van der Waals surface area contributed by atoms with Gasteiger partial charge in [-0.25, -0.2) is 13.1 Å². The van der Waals surface area contributed by atoms with Gasteiger partial charge in [0.15, 0.2) is 11.5 Å². The van der Waals surface area contributed by atoms with E-state index in [1.165, 1.54) is 0 Å². The summed E-state index contributed by atoms with van der Waals surface area (Å²) < 4.78 is 42.6. The van der Waals surface area contributed by atoms with E-state index in [0.29, 0.717) is 49.5 Å². The molecule has 1 fully saturated rings. The maximum Gasteiger partial charge on any atom is 0.223 e. The van der Waals surface area contributed by atoms with Gasteiger partial charge in [-0.3, -0.25) is 4.79 Å². The maximum absolute atomic E-state index is 12.6. The molecule has 0 unspecified atom stereocenters. The van der Waals surface area contributed by atoms with Crippen LogP contribution in [0.3, 0.4) is 0 Å². The molecule has 1 aromatic carbocycles. The van der Waals surface area contributed by atoms with E-state index in [-0.39, 0.29) is 17.9 Å². The van der Waals surface area contributed by atoms with Gasteiger partial charge in [-0.2, -0.15) is 0 Å². The predicted octanol–water partition coefficient (Wildman–Crippen LogP) is 2.61. The molecule has 1 aliphatic carbocycles. The van der Waals surface area contributed by atoms with Gasteiger partial charge in [-0.15, -0.1) is 0 Å². The van der Waals surface area contributed by atoms with Gasteiger partial charge in [0.05, 0.1) is 26.1 Å². The molecule has 30 heavy (non-hydrogen) atoms. The van der Waals surface area contributed by atoms with Crippen LogP contribution in [0.1, 0.15) is 52.0 Å². The summed E-state index contributed by atoms with van der Waals surface area (Å²) >= 11 is 0. The second kappa shape index (κ2) is 9.87. The third-order valence-electron chi connectivity index (χ3n) is 5.42. The topological polar surface area (TPSA) is 103 Å². The number of carbonyl (C=O) groups excluding carboxylic acids is 1. The number of rotatable bonds is 8. The number of carbonyl (C=O) groups is 1. The first-order chi connectivity index (χ1) is 14.0. The Morgan fingerprint density at radius 1 is 1.00 bits per heavy atom. The molecular formula is C21H34N2O6S. The molecule has 9 heteroatoms. The van der Waals surface area contributed by atoms with E-state index in [0.717, 1.165) is 5.56 Å². The second-order valence-electron chi connectivity index (χ2n) is 8.53. The maximum atomic E-state index is 12.6. The summed E-state index contributed by atoms with van der Waals surface area (Å²) in [4.78, 5) is 12.6. The van der Waals surface area contributed by atoms with Crippen LogP contribution < -0.4 is 24.2 Å². The number of benzene rings is 1. The molecule has 2 rings (SSSR count). The second-order valence-corrected chi connectivity index (χ2v) is 11.0.